The van der Waals surface area contributed by atoms with Crippen molar-refractivity contribution in [3.63, 3.8) is 0 Å². The number of nitrogens with zero attached hydrogens (tertiary/aromatic N) is 3. The lowest BCUT2D eigenvalue weighted by atomic mass is 10.2. The molecule has 1 saturated heterocycles. The average Bonchev–Trinajstić information content (AvgIpc) is 2.73. The number of hydrogen-bond donors (Lipinski definition) is 2. The van der Waals surface area contributed by atoms with Crippen molar-refractivity contribution in [3.8, 4) is 0 Å². The molecule has 16 heavy (non-hydrogen) atoms. The molecule has 1 rings (SSSR count). The fourth-order valence-electron chi connectivity index (χ4n) is 1.65. The molecule has 1 fully saturated rings. The maximum Gasteiger partial charge on any atom is 0.244 e. The predicted molar refractivity (Wildman–Crippen MR) is 59.5 cm³/mol. The van der Waals surface area contributed by atoms with E-state index in [2.05, 4.69) is 4.99 Å². The molecule has 0 aromatic carbocycles. The molecule has 0 aliphatic carbocycles. The summed E-state index contributed by atoms with van der Waals surface area (Å²) in [7, 11) is 1.70. The molecule has 0 aromatic heterocycles. The lowest BCUT2D eigenvalue weighted by molar-refractivity contribution is -0.130. The Bertz CT molecular complexity index is 300. The molecule has 1 atom stereocenters. The van der Waals surface area contributed by atoms with Gasteiger partial charge in [-0.15, -0.1) is 0 Å². The van der Waals surface area contributed by atoms with Gasteiger partial charge in [-0.3, -0.25) is 9.59 Å². The highest BCUT2D eigenvalue weighted by Gasteiger charge is 2.27. The maximum absolute atomic E-state index is 11.6. The molecule has 90 valence electrons. The molecule has 0 bridgehead atoms. The van der Waals surface area contributed by atoms with Gasteiger partial charge in [0.2, 0.25) is 12.3 Å². The molecule has 1 heterocycles. The highest BCUT2D eigenvalue weighted by Crippen LogP contribution is 2.12. The first-order valence-electron chi connectivity index (χ1n) is 5.05. The summed E-state index contributed by atoms with van der Waals surface area (Å²) in [5, 5.41) is 0. The van der Waals surface area contributed by atoms with Crippen molar-refractivity contribution >= 4 is 18.3 Å². The number of likely N-dealkylation sites (N-methyl/N-ethyl adjacent to an activating group) is 1. The molecule has 1 aliphatic heterocycles. The summed E-state index contributed by atoms with van der Waals surface area (Å²) in [6.07, 6.45) is 1.59. The first kappa shape index (κ1) is 12.3. The maximum atomic E-state index is 11.6. The number of likely N-dealkylation sites (tertiary alicyclic amines) is 1. The van der Waals surface area contributed by atoms with Gasteiger partial charge in [0.25, 0.3) is 0 Å². The summed E-state index contributed by atoms with van der Waals surface area (Å²) in [4.78, 5) is 29.1. The van der Waals surface area contributed by atoms with Gasteiger partial charge in [-0.05, 0) is 6.42 Å². The van der Waals surface area contributed by atoms with Crippen molar-refractivity contribution in [2.75, 3.05) is 26.7 Å². The number of amides is 2. The Morgan fingerprint density at radius 1 is 1.62 bits per heavy atom. The normalized spacial score (nSPS) is 19.3. The van der Waals surface area contributed by atoms with E-state index in [0.29, 0.717) is 13.1 Å². The van der Waals surface area contributed by atoms with Gasteiger partial charge in [0, 0.05) is 20.1 Å². The molecule has 0 aromatic rings. The first-order valence-corrected chi connectivity index (χ1v) is 5.05. The summed E-state index contributed by atoms with van der Waals surface area (Å²) >= 11 is 0. The summed E-state index contributed by atoms with van der Waals surface area (Å²) in [5.41, 5.74) is 10.3. The van der Waals surface area contributed by atoms with Gasteiger partial charge in [0.05, 0.1) is 6.04 Å². The van der Waals surface area contributed by atoms with Crippen LogP contribution in [0, 0.1) is 0 Å². The van der Waals surface area contributed by atoms with Crippen molar-refractivity contribution in [1.29, 1.82) is 0 Å². The second kappa shape index (κ2) is 5.34. The van der Waals surface area contributed by atoms with E-state index in [-0.39, 0.29) is 24.5 Å². The average molecular weight is 227 g/mol. The van der Waals surface area contributed by atoms with E-state index in [1.807, 2.05) is 0 Å². The minimum Gasteiger partial charge on any atom is -0.370 e. The van der Waals surface area contributed by atoms with Crippen molar-refractivity contribution in [2.45, 2.75) is 12.5 Å². The van der Waals surface area contributed by atoms with Crippen LogP contribution in [0.3, 0.4) is 0 Å². The third-order valence-electron chi connectivity index (χ3n) is 2.68. The monoisotopic (exact) mass is 227 g/mol. The van der Waals surface area contributed by atoms with E-state index in [1.54, 1.807) is 16.8 Å². The van der Waals surface area contributed by atoms with Crippen molar-refractivity contribution in [2.24, 2.45) is 16.5 Å². The zero-order valence-electron chi connectivity index (χ0n) is 9.30. The first-order chi connectivity index (χ1) is 7.54. The SMILES string of the molecule is CN(C(=O)CN=C(N)N)C1CCN(C=O)C1. The van der Waals surface area contributed by atoms with Gasteiger partial charge >= 0.3 is 0 Å². The molecule has 0 radical (unpaired) electrons. The molecule has 1 aliphatic rings. The molecule has 4 N–H and O–H groups in total. The summed E-state index contributed by atoms with van der Waals surface area (Å²) < 4.78 is 0. The second-order valence-electron chi connectivity index (χ2n) is 3.79. The number of guanidine groups is 1. The topological polar surface area (TPSA) is 105 Å². The minimum atomic E-state index is -0.147. The van der Waals surface area contributed by atoms with E-state index in [9.17, 15) is 9.59 Å². The smallest absolute Gasteiger partial charge is 0.244 e. The third-order valence-corrected chi connectivity index (χ3v) is 2.68. The number of rotatable bonds is 4. The molecular weight excluding hydrogens is 210 g/mol. The van der Waals surface area contributed by atoms with Crippen LogP contribution in [0.5, 0.6) is 0 Å². The Morgan fingerprint density at radius 2 is 2.31 bits per heavy atom. The molecule has 7 heteroatoms. The van der Waals surface area contributed by atoms with E-state index >= 15 is 0 Å². The van der Waals surface area contributed by atoms with Crippen molar-refractivity contribution < 1.29 is 9.59 Å². The minimum absolute atomic E-state index is 0.0452. The Hall–Kier alpha value is -1.79. The van der Waals surface area contributed by atoms with Gasteiger partial charge in [-0.2, -0.15) is 0 Å². The standard InChI is InChI=1S/C9H17N5O2/c1-13(8(16)4-12-9(10)11)7-2-3-14(5-7)6-15/h6-7H,2-5H2,1H3,(H4,10,11,12). The van der Waals surface area contributed by atoms with Gasteiger partial charge < -0.3 is 21.3 Å². The number of nitrogens with two attached hydrogens (primary N) is 2. The molecule has 0 spiro atoms. The van der Waals surface area contributed by atoms with E-state index in [4.69, 9.17) is 11.5 Å². The molecular formula is C9H17N5O2. The van der Waals surface area contributed by atoms with E-state index in [1.165, 1.54) is 0 Å². The quantitative estimate of drug-likeness (QED) is 0.327. The van der Waals surface area contributed by atoms with Crippen molar-refractivity contribution in [1.82, 2.24) is 9.80 Å². The Balaban J connectivity index is 2.45. The molecule has 0 saturated carbocycles. The van der Waals surface area contributed by atoms with Gasteiger partial charge in [-0.1, -0.05) is 0 Å². The van der Waals surface area contributed by atoms with Crippen LogP contribution in [0.2, 0.25) is 0 Å². The third kappa shape index (κ3) is 3.11. The van der Waals surface area contributed by atoms with Crippen LogP contribution in [0.4, 0.5) is 0 Å². The number of carbonyl (C=O) groups excluding carboxylic acids is 2. The Labute approximate surface area is 94.1 Å². The van der Waals surface area contributed by atoms with Crippen LogP contribution >= 0.6 is 0 Å². The zero-order valence-corrected chi connectivity index (χ0v) is 9.30. The van der Waals surface area contributed by atoms with Crippen molar-refractivity contribution in [3.05, 3.63) is 0 Å². The zero-order chi connectivity index (χ0) is 12.1. The fraction of sp³-hybridized carbons (Fsp3) is 0.667. The van der Waals surface area contributed by atoms with Crippen LogP contribution in [-0.4, -0.2) is 60.8 Å². The Morgan fingerprint density at radius 3 is 2.81 bits per heavy atom. The van der Waals surface area contributed by atoms with E-state index in [0.717, 1.165) is 12.8 Å². The van der Waals surface area contributed by atoms with Crippen LogP contribution in [0.15, 0.2) is 4.99 Å². The molecule has 7 nitrogen and oxygen atoms in total. The predicted octanol–water partition coefficient (Wildman–Crippen LogP) is -2.05. The van der Waals surface area contributed by atoms with Crippen LogP contribution in [0.25, 0.3) is 0 Å². The van der Waals surface area contributed by atoms with Crippen LogP contribution in [0.1, 0.15) is 6.42 Å². The highest BCUT2D eigenvalue weighted by molar-refractivity contribution is 5.83. The van der Waals surface area contributed by atoms with E-state index < -0.39 is 0 Å². The van der Waals surface area contributed by atoms with Gasteiger partial charge in [0.1, 0.15) is 6.54 Å². The lowest BCUT2D eigenvalue weighted by Gasteiger charge is -2.23. The van der Waals surface area contributed by atoms with Crippen LogP contribution in [-0.2, 0) is 9.59 Å². The summed E-state index contributed by atoms with van der Waals surface area (Å²) in [6, 6.07) is 0.0619. The summed E-state index contributed by atoms with van der Waals surface area (Å²) in [6.45, 7) is 1.22. The molecule has 2 amide bonds. The largest absolute Gasteiger partial charge is 0.370 e. The van der Waals surface area contributed by atoms with Gasteiger partial charge in [0.15, 0.2) is 5.96 Å². The highest BCUT2D eigenvalue weighted by atomic mass is 16.2. The van der Waals surface area contributed by atoms with Crippen LogP contribution < -0.4 is 11.5 Å². The summed E-state index contributed by atoms with van der Waals surface area (Å²) in [5.74, 6) is -0.242. The number of carbonyl (C=O) groups is 2. The Kier molecular flexibility index (Phi) is 4.10. The second-order valence-corrected chi connectivity index (χ2v) is 3.79. The number of hydrogen-bond acceptors (Lipinski definition) is 3. The van der Waals surface area contributed by atoms with Gasteiger partial charge in [-0.25, -0.2) is 4.99 Å². The number of aliphatic imine (C=N–C) groups is 1. The lowest BCUT2D eigenvalue weighted by Crippen LogP contribution is -2.40. The fourth-order valence-corrected chi connectivity index (χ4v) is 1.65. The molecule has 1 unspecified atom stereocenters.